The van der Waals surface area contributed by atoms with E-state index < -0.39 is 4.92 Å². The number of unbranched alkanes of at least 4 members (excludes halogenated alkanes) is 1. The molecule has 0 bridgehead atoms. The van der Waals surface area contributed by atoms with Gasteiger partial charge >= 0.3 is 0 Å². The summed E-state index contributed by atoms with van der Waals surface area (Å²) in [7, 11) is 0. The maximum absolute atomic E-state index is 12.4. The number of rotatable bonds is 6. The minimum absolute atomic E-state index is 0.0386. The number of nitro groups is 1. The fourth-order valence-corrected chi connectivity index (χ4v) is 3.78. The summed E-state index contributed by atoms with van der Waals surface area (Å²) < 4.78 is 5.35. The molecule has 130 valence electrons. The lowest BCUT2D eigenvalue weighted by Gasteiger charge is -2.27. The van der Waals surface area contributed by atoms with Crippen molar-refractivity contribution in [2.24, 2.45) is 5.92 Å². The molecule has 1 saturated heterocycles. The van der Waals surface area contributed by atoms with Crippen LogP contribution in [-0.2, 0) is 11.2 Å². The van der Waals surface area contributed by atoms with Crippen molar-refractivity contribution in [3.05, 3.63) is 39.4 Å². The van der Waals surface area contributed by atoms with Crippen molar-refractivity contribution in [3.63, 3.8) is 0 Å². The number of nitrogens with zero attached hydrogens (tertiary/aromatic N) is 2. The van der Waals surface area contributed by atoms with Gasteiger partial charge in [0.25, 0.3) is 5.69 Å². The molecule has 1 aromatic rings. The standard InChI is InChI=1S/C18H24N2O4/c21-17-13-14(4-1-2-7-19-8-10-24-11-9-19)12-15-5-3-6-16(18(15)17)20(22)23/h3,5-6,14H,1-2,4,7-13H2. The maximum atomic E-state index is 12.4. The van der Waals surface area contributed by atoms with Gasteiger partial charge in [0, 0.05) is 25.6 Å². The Bertz CT molecular complexity index is 611. The highest BCUT2D eigenvalue weighted by Crippen LogP contribution is 2.33. The number of hydrogen-bond donors (Lipinski definition) is 0. The van der Waals surface area contributed by atoms with Crippen molar-refractivity contribution in [2.45, 2.75) is 32.1 Å². The van der Waals surface area contributed by atoms with E-state index in [4.69, 9.17) is 4.74 Å². The average Bonchev–Trinajstić information content (AvgIpc) is 2.59. The molecule has 6 heteroatoms. The molecule has 0 N–H and O–H groups in total. The van der Waals surface area contributed by atoms with Crippen LogP contribution in [0.5, 0.6) is 0 Å². The van der Waals surface area contributed by atoms with Gasteiger partial charge in [0.15, 0.2) is 5.78 Å². The SMILES string of the molecule is O=C1CC(CCCCN2CCOCC2)Cc2cccc([N+](=O)[O-])c21. The molecule has 1 aliphatic carbocycles. The normalized spacial score (nSPS) is 21.5. The first kappa shape index (κ1) is 17.0. The zero-order valence-electron chi connectivity index (χ0n) is 13.9. The number of morpholine rings is 1. The summed E-state index contributed by atoms with van der Waals surface area (Å²) >= 11 is 0. The van der Waals surface area contributed by atoms with Crippen LogP contribution in [0.4, 0.5) is 5.69 Å². The number of carbonyl (C=O) groups excluding carboxylic acids is 1. The highest BCUT2D eigenvalue weighted by Gasteiger charge is 2.31. The molecule has 1 fully saturated rings. The molecule has 0 radical (unpaired) electrons. The molecule has 6 nitrogen and oxygen atoms in total. The zero-order valence-corrected chi connectivity index (χ0v) is 13.9. The fourth-order valence-electron chi connectivity index (χ4n) is 3.78. The van der Waals surface area contributed by atoms with Crippen molar-refractivity contribution < 1.29 is 14.5 Å². The van der Waals surface area contributed by atoms with E-state index in [1.165, 1.54) is 6.07 Å². The summed E-state index contributed by atoms with van der Waals surface area (Å²) in [6, 6.07) is 4.98. The van der Waals surface area contributed by atoms with Crippen LogP contribution in [0.1, 0.15) is 41.6 Å². The first-order valence-corrected chi connectivity index (χ1v) is 8.74. The van der Waals surface area contributed by atoms with Crippen LogP contribution in [0.3, 0.4) is 0 Å². The number of benzene rings is 1. The number of ether oxygens (including phenoxy) is 1. The number of ketones is 1. The van der Waals surface area contributed by atoms with Crippen LogP contribution in [0, 0.1) is 16.0 Å². The second-order valence-electron chi connectivity index (χ2n) is 6.72. The van der Waals surface area contributed by atoms with Crippen molar-refractivity contribution in [3.8, 4) is 0 Å². The van der Waals surface area contributed by atoms with Crippen molar-refractivity contribution in [1.82, 2.24) is 4.90 Å². The van der Waals surface area contributed by atoms with Crippen molar-refractivity contribution in [2.75, 3.05) is 32.8 Å². The molecule has 0 aromatic heterocycles. The monoisotopic (exact) mass is 332 g/mol. The van der Waals surface area contributed by atoms with Gasteiger partial charge in [-0.25, -0.2) is 0 Å². The van der Waals surface area contributed by atoms with E-state index in [-0.39, 0.29) is 11.5 Å². The van der Waals surface area contributed by atoms with Gasteiger partial charge in [0.05, 0.1) is 23.7 Å². The minimum atomic E-state index is -0.445. The van der Waals surface area contributed by atoms with Gasteiger partial charge < -0.3 is 4.74 Å². The van der Waals surface area contributed by atoms with Gasteiger partial charge in [-0.15, -0.1) is 0 Å². The van der Waals surface area contributed by atoms with Gasteiger partial charge in [0.1, 0.15) is 0 Å². The van der Waals surface area contributed by atoms with Gasteiger partial charge in [-0.05, 0) is 37.3 Å². The second kappa shape index (κ2) is 7.85. The van der Waals surface area contributed by atoms with Crippen LogP contribution in [0.25, 0.3) is 0 Å². The van der Waals surface area contributed by atoms with Gasteiger partial charge in [-0.2, -0.15) is 0 Å². The topological polar surface area (TPSA) is 72.7 Å². The molecule has 1 aliphatic heterocycles. The van der Waals surface area contributed by atoms with Crippen molar-refractivity contribution in [1.29, 1.82) is 0 Å². The molecule has 24 heavy (non-hydrogen) atoms. The number of fused-ring (bicyclic) bond motifs is 1. The third-order valence-electron chi connectivity index (χ3n) is 5.03. The second-order valence-corrected chi connectivity index (χ2v) is 6.72. The van der Waals surface area contributed by atoms with Gasteiger partial charge in [0.2, 0.25) is 0 Å². The molecule has 2 aliphatic rings. The Morgan fingerprint density at radius 2 is 2.00 bits per heavy atom. The fraction of sp³-hybridized carbons (Fsp3) is 0.611. The summed E-state index contributed by atoms with van der Waals surface area (Å²) in [5.41, 5.74) is 1.15. The molecule has 1 unspecified atom stereocenters. The smallest absolute Gasteiger partial charge is 0.280 e. The summed E-state index contributed by atoms with van der Waals surface area (Å²) in [5.74, 6) is 0.249. The van der Waals surface area contributed by atoms with Crippen LogP contribution in [0.2, 0.25) is 0 Å². The third-order valence-corrected chi connectivity index (χ3v) is 5.03. The highest BCUT2D eigenvalue weighted by atomic mass is 16.6. The Morgan fingerprint density at radius 1 is 1.21 bits per heavy atom. The Balaban J connectivity index is 1.51. The molecule has 0 saturated carbocycles. The Labute approximate surface area is 141 Å². The van der Waals surface area contributed by atoms with E-state index in [0.717, 1.165) is 64.1 Å². The summed E-state index contributed by atoms with van der Waals surface area (Å²) in [6.45, 7) is 4.77. The van der Waals surface area contributed by atoms with Crippen LogP contribution < -0.4 is 0 Å². The Morgan fingerprint density at radius 3 is 2.75 bits per heavy atom. The van der Waals surface area contributed by atoms with Gasteiger partial charge in [-0.3, -0.25) is 19.8 Å². The molecular weight excluding hydrogens is 308 g/mol. The zero-order chi connectivity index (χ0) is 16.9. The maximum Gasteiger partial charge on any atom is 0.280 e. The number of carbonyl (C=O) groups is 1. The molecule has 3 rings (SSSR count). The first-order chi connectivity index (χ1) is 11.6. The molecule has 1 aromatic carbocycles. The summed E-state index contributed by atoms with van der Waals surface area (Å²) in [6.07, 6.45) is 4.46. The quantitative estimate of drug-likeness (QED) is 0.455. The van der Waals surface area contributed by atoms with Crippen LogP contribution >= 0.6 is 0 Å². The Hall–Kier alpha value is -1.79. The minimum Gasteiger partial charge on any atom is -0.379 e. The van der Waals surface area contributed by atoms with E-state index in [2.05, 4.69) is 4.90 Å². The molecule has 1 atom stereocenters. The average molecular weight is 332 g/mol. The molecular formula is C18H24N2O4. The number of hydrogen-bond acceptors (Lipinski definition) is 5. The van der Waals surface area contributed by atoms with Crippen LogP contribution in [-0.4, -0.2) is 48.5 Å². The van der Waals surface area contributed by atoms with E-state index in [0.29, 0.717) is 17.9 Å². The predicted octanol–water partition coefficient (Wildman–Crippen LogP) is 2.84. The molecule has 1 heterocycles. The lowest BCUT2D eigenvalue weighted by molar-refractivity contribution is -0.385. The van der Waals surface area contributed by atoms with E-state index in [9.17, 15) is 14.9 Å². The lowest BCUT2D eigenvalue weighted by atomic mass is 9.80. The van der Waals surface area contributed by atoms with Crippen LogP contribution in [0.15, 0.2) is 18.2 Å². The van der Waals surface area contributed by atoms with Crippen molar-refractivity contribution >= 4 is 11.5 Å². The van der Waals surface area contributed by atoms with E-state index in [1.54, 1.807) is 6.07 Å². The number of nitro benzene ring substituents is 1. The van der Waals surface area contributed by atoms with E-state index in [1.807, 2.05) is 6.07 Å². The summed E-state index contributed by atoms with van der Waals surface area (Å²) in [4.78, 5) is 25.5. The lowest BCUT2D eigenvalue weighted by Crippen LogP contribution is -2.36. The molecule has 0 spiro atoms. The highest BCUT2D eigenvalue weighted by molar-refractivity contribution is 6.02. The predicted molar refractivity (Wildman–Crippen MR) is 90.3 cm³/mol. The molecule has 0 amide bonds. The van der Waals surface area contributed by atoms with Gasteiger partial charge in [-0.1, -0.05) is 18.6 Å². The van der Waals surface area contributed by atoms with E-state index >= 15 is 0 Å². The number of Topliss-reactive ketones (excluding diaryl/α,β-unsaturated/α-hetero) is 1. The largest absolute Gasteiger partial charge is 0.379 e. The Kier molecular flexibility index (Phi) is 5.58. The summed E-state index contributed by atoms with van der Waals surface area (Å²) in [5, 5.41) is 11.1. The first-order valence-electron chi connectivity index (χ1n) is 8.74. The third kappa shape index (κ3) is 3.99.